The number of para-hydroxylation sites is 1. The Labute approximate surface area is 189 Å². The lowest BCUT2D eigenvalue weighted by molar-refractivity contribution is -0.115. The first kappa shape index (κ1) is 24.3. The lowest BCUT2D eigenvalue weighted by Crippen LogP contribution is -2.34. The summed E-state index contributed by atoms with van der Waals surface area (Å²) >= 11 is 5.31. The van der Waals surface area contributed by atoms with E-state index in [0.717, 1.165) is 24.8 Å². The number of rotatable bonds is 10. The second-order valence-corrected chi connectivity index (χ2v) is 7.65. The van der Waals surface area contributed by atoms with Gasteiger partial charge >= 0.3 is 0 Å². The van der Waals surface area contributed by atoms with Crippen LogP contribution in [-0.4, -0.2) is 23.5 Å². The van der Waals surface area contributed by atoms with Crippen LogP contribution in [0.1, 0.15) is 61.9 Å². The SMILES string of the molecule is CCCCCCOc1ccccc1C(=O)NC(=S)Nc1ccc(C)c(NC(=O)CC)c1. The fourth-order valence-corrected chi connectivity index (χ4v) is 3.11. The molecule has 0 atom stereocenters. The highest BCUT2D eigenvalue weighted by Gasteiger charge is 2.14. The number of aryl methyl sites for hydroxylation is 1. The van der Waals surface area contributed by atoms with Crippen molar-refractivity contribution in [3.63, 3.8) is 0 Å². The zero-order valence-corrected chi connectivity index (χ0v) is 19.2. The number of nitrogens with one attached hydrogen (secondary N) is 3. The molecule has 0 aliphatic carbocycles. The van der Waals surface area contributed by atoms with Crippen LogP contribution in [0, 0.1) is 6.92 Å². The van der Waals surface area contributed by atoms with Gasteiger partial charge in [-0.25, -0.2) is 0 Å². The lowest BCUT2D eigenvalue weighted by atomic mass is 10.1. The van der Waals surface area contributed by atoms with E-state index in [-0.39, 0.29) is 16.9 Å². The van der Waals surface area contributed by atoms with E-state index in [4.69, 9.17) is 17.0 Å². The first-order valence-corrected chi connectivity index (χ1v) is 11.1. The molecular formula is C24H31N3O3S. The number of anilines is 2. The second-order valence-electron chi connectivity index (χ2n) is 7.24. The highest BCUT2D eigenvalue weighted by atomic mass is 32.1. The van der Waals surface area contributed by atoms with E-state index < -0.39 is 0 Å². The minimum atomic E-state index is -0.340. The number of ether oxygens (including phenoxy) is 1. The molecule has 0 aliphatic rings. The summed E-state index contributed by atoms with van der Waals surface area (Å²) in [6, 6.07) is 12.6. The van der Waals surface area contributed by atoms with Crippen molar-refractivity contribution in [2.24, 2.45) is 0 Å². The van der Waals surface area contributed by atoms with Crippen LogP contribution in [0.5, 0.6) is 5.75 Å². The summed E-state index contributed by atoms with van der Waals surface area (Å²) in [5.74, 6) is 0.134. The summed E-state index contributed by atoms with van der Waals surface area (Å²) < 4.78 is 5.82. The number of thiocarbonyl (C=S) groups is 1. The Kier molecular flexibility index (Phi) is 9.97. The van der Waals surface area contributed by atoms with Crippen molar-refractivity contribution in [1.29, 1.82) is 0 Å². The summed E-state index contributed by atoms with van der Waals surface area (Å²) in [6.45, 7) is 6.44. The molecule has 3 N–H and O–H groups in total. The Balaban J connectivity index is 1.98. The number of unbranched alkanes of at least 4 members (excludes halogenated alkanes) is 3. The predicted molar refractivity (Wildman–Crippen MR) is 130 cm³/mol. The molecular weight excluding hydrogens is 410 g/mol. The largest absolute Gasteiger partial charge is 0.493 e. The van der Waals surface area contributed by atoms with E-state index in [1.807, 2.05) is 25.1 Å². The summed E-state index contributed by atoms with van der Waals surface area (Å²) in [7, 11) is 0. The molecule has 0 fully saturated rings. The van der Waals surface area contributed by atoms with Crippen LogP contribution in [0.2, 0.25) is 0 Å². The molecule has 0 spiro atoms. The van der Waals surface area contributed by atoms with Crippen molar-refractivity contribution in [2.75, 3.05) is 17.2 Å². The van der Waals surface area contributed by atoms with E-state index in [9.17, 15) is 9.59 Å². The number of amides is 2. The monoisotopic (exact) mass is 441 g/mol. The van der Waals surface area contributed by atoms with Gasteiger partial charge in [0.25, 0.3) is 5.91 Å². The van der Waals surface area contributed by atoms with Crippen LogP contribution in [0.3, 0.4) is 0 Å². The molecule has 2 rings (SSSR count). The van der Waals surface area contributed by atoms with E-state index in [1.54, 1.807) is 31.2 Å². The normalized spacial score (nSPS) is 10.3. The van der Waals surface area contributed by atoms with E-state index in [0.29, 0.717) is 35.7 Å². The Morgan fingerprint density at radius 2 is 1.77 bits per heavy atom. The van der Waals surface area contributed by atoms with Gasteiger partial charge in [0.05, 0.1) is 12.2 Å². The third kappa shape index (κ3) is 8.02. The molecule has 0 bridgehead atoms. The van der Waals surface area contributed by atoms with Crippen molar-refractivity contribution in [1.82, 2.24) is 5.32 Å². The number of benzene rings is 2. The Hall–Kier alpha value is -2.93. The lowest BCUT2D eigenvalue weighted by Gasteiger charge is -2.14. The van der Waals surface area contributed by atoms with Crippen LogP contribution in [0.25, 0.3) is 0 Å². The van der Waals surface area contributed by atoms with Gasteiger partial charge in [0.15, 0.2) is 5.11 Å². The quantitative estimate of drug-likeness (QED) is 0.338. The second kappa shape index (κ2) is 12.7. The number of carbonyl (C=O) groups excluding carboxylic acids is 2. The maximum Gasteiger partial charge on any atom is 0.261 e. The molecule has 0 saturated carbocycles. The van der Waals surface area contributed by atoms with Crippen LogP contribution in [0.15, 0.2) is 42.5 Å². The predicted octanol–water partition coefficient (Wildman–Crippen LogP) is 5.43. The minimum absolute atomic E-state index is 0.0672. The third-order valence-electron chi connectivity index (χ3n) is 4.70. The molecule has 166 valence electrons. The van der Waals surface area contributed by atoms with Crippen molar-refractivity contribution in [2.45, 2.75) is 52.9 Å². The fourth-order valence-electron chi connectivity index (χ4n) is 2.90. The summed E-state index contributed by atoms with van der Waals surface area (Å²) in [5.41, 5.74) is 2.74. The smallest absolute Gasteiger partial charge is 0.261 e. The maximum atomic E-state index is 12.7. The van der Waals surface area contributed by atoms with E-state index in [1.165, 1.54) is 6.42 Å². The molecule has 0 aromatic heterocycles. The molecule has 2 aromatic rings. The number of carbonyl (C=O) groups is 2. The van der Waals surface area contributed by atoms with Crippen molar-refractivity contribution < 1.29 is 14.3 Å². The molecule has 0 unspecified atom stereocenters. The summed E-state index contributed by atoms with van der Waals surface area (Å²) in [4.78, 5) is 24.4. The first-order valence-electron chi connectivity index (χ1n) is 10.7. The van der Waals surface area contributed by atoms with Gasteiger partial charge in [-0.15, -0.1) is 0 Å². The number of hydrogen-bond acceptors (Lipinski definition) is 4. The first-order chi connectivity index (χ1) is 14.9. The average molecular weight is 442 g/mol. The van der Waals surface area contributed by atoms with Crippen LogP contribution < -0.4 is 20.7 Å². The van der Waals surface area contributed by atoms with Gasteiger partial charge < -0.3 is 15.4 Å². The summed E-state index contributed by atoms with van der Waals surface area (Å²) in [5, 5.41) is 8.71. The minimum Gasteiger partial charge on any atom is -0.493 e. The average Bonchev–Trinajstić information content (AvgIpc) is 2.76. The van der Waals surface area contributed by atoms with E-state index in [2.05, 4.69) is 22.9 Å². The van der Waals surface area contributed by atoms with Crippen LogP contribution in [-0.2, 0) is 4.79 Å². The van der Waals surface area contributed by atoms with Gasteiger partial charge in [-0.2, -0.15) is 0 Å². The van der Waals surface area contributed by atoms with Crippen molar-refractivity contribution in [3.8, 4) is 5.75 Å². The standard InChI is InChI=1S/C24H31N3O3S/c1-4-6-7-10-15-30-21-12-9-8-11-19(21)23(29)27-24(31)25-18-14-13-17(3)20(16-18)26-22(28)5-2/h8-9,11-14,16H,4-7,10,15H2,1-3H3,(H,26,28)(H2,25,27,29,31). The third-order valence-corrected chi connectivity index (χ3v) is 4.91. The van der Waals surface area contributed by atoms with Crippen LogP contribution in [0.4, 0.5) is 11.4 Å². The molecule has 0 aliphatic heterocycles. The highest BCUT2D eigenvalue weighted by Crippen LogP contribution is 2.21. The molecule has 0 heterocycles. The topological polar surface area (TPSA) is 79.5 Å². The zero-order valence-electron chi connectivity index (χ0n) is 18.4. The maximum absolute atomic E-state index is 12.7. The summed E-state index contributed by atoms with van der Waals surface area (Å²) in [6.07, 6.45) is 4.79. The van der Waals surface area contributed by atoms with E-state index >= 15 is 0 Å². The van der Waals surface area contributed by atoms with Gasteiger partial charge in [-0.1, -0.05) is 51.3 Å². The van der Waals surface area contributed by atoms with Gasteiger partial charge in [-0.05, 0) is 55.4 Å². The van der Waals surface area contributed by atoms with Crippen molar-refractivity contribution >= 4 is 40.5 Å². The zero-order chi connectivity index (χ0) is 22.6. The molecule has 2 amide bonds. The van der Waals surface area contributed by atoms with Crippen LogP contribution >= 0.6 is 12.2 Å². The molecule has 31 heavy (non-hydrogen) atoms. The highest BCUT2D eigenvalue weighted by molar-refractivity contribution is 7.80. The molecule has 7 heteroatoms. The fraction of sp³-hybridized carbons (Fsp3) is 0.375. The van der Waals surface area contributed by atoms with Gasteiger partial charge in [0, 0.05) is 17.8 Å². The van der Waals surface area contributed by atoms with Crippen molar-refractivity contribution in [3.05, 3.63) is 53.6 Å². The number of hydrogen-bond donors (Lipinski definition) is 3. The molecule has 0 radical (unpaired) electrons. The molecule has 6 nitrogen and oxygen atoms in total. The Bertz CT molecular complexity index is 915. The molecule has 2 aromatic carbocycles. The molecule has 0 saturated heterocycles. The van der Waals surface area contributed by atoms with Gasteiger partial charge in [-0.3, -0.25) is 14.9 Å². The Morgan fingerprint density at radius 1 is 1.00 bits per heavy atom. The Morgan fingerprint density at radius 3 is 2.52 bits per heavy atom. The van der Waals surface area contributed by atoms with Gasteiger partial charge in [0.2, 0.25) is 5.91 Å². The van der Waals surface area contributed by atoms with Gasteiger partial charge in [0.1, 0.15) is 5.75 Å².